The number of allylic oxidation sites excluding steroid dienone is 4. The van der Waals surface area contributed by atoms with Gasteiger partial charge in [-0.1, -0.05) is 66.8 Å². The van der Waals surface area contributed by atoms with Gasteiger partial charge in [0.1, 0.15) is 0 Å². The van der Waals surface area contributed by atoms with Crippen LogP contribution in [0.15, 0.2) is 85.0 Å². The lowest BCUT2D eigenvalue weighted by Crippen LogP contribution is -2.12. The quantitative estimate of drug-likeness (QED) is 0.681. The van der Waals surface area contributed by atoms with Gasteiger partial charge in [-0.2, -0.15) is 0 Å². The molecule has 0 bridgehead atoms. The molecule has 2 aromatic rings. The molecule has 0 radical (unpaired) electrons. The number of anilines is 2. The molecule has 1 aliphatic rings. The van der Waals surface area contributed by atoms with Gasteiger partial charge >= 0.3 is 0 Å². The molecule has 104 valence electrons. The van der Waals surface area contributed by atoms with E-state index in [9.17, 15) is 0 Å². The fraction of sp³-hybridized carbons (Fsp3) is 0.100. The lowest BCUT2D eigenvalue weighted by molar-refractivity contribution is 1.16. The number of rotatable bonds is 3. The van der Waals surface area contributed by atoms with Crippen molar-refractivity contribution in [2.24, 2.45) is 0 Å². The van der Waals surface area contributed by atoms with E-state index >= 15 is 0 Å². The number of hydrogen-bond donors (Lipinski definition) is 0. The second-order valence-corrected chi connectivity index (χ2v) is 5.25. The Bertz CT molecular complexity index is 708. The minimum absolute atomic E-state index is 0.908. The van der Waals surface area contributed by atoms with Crippen molar-refractivity contribution in [1.82, 2.24) is 0 Å². The summed E-state index contributed by atoms with van der Waals surface area (Å²) in [7, 11) is 0. The van der Waals surface area contributed by atoms with Gasteiger partial charge in [-0.05, 0) is 30.7 Å². The van der Waals surface area contributed by atoms with Crippen LogP contribution in [0.3, 0.4) is 0 Å². The number of benzene rings is 2. The molecule has 0 aliphatic carbocycles. The second kappa shape index (κ2) is 5.84. The summed E-state index contributed by atoms with van der Waals surface area (Å²) >= 11 is 0. The normalized spacial score (nSPS) is 16.1. The fourth-order valence-electron chi connectivity index (χ4n) is 2.79. The van der Waals surface area contributed by atoms with E-state index < -0.39 is 0 Å². The van der Waals surface area contributed by atoms with Gasteiger partial charge in [-0.15, -0.1) is 0 Å². The molecule has 0 spiro atoms. The van der Waals surface area contributed by atoms with Crippen molar-refractivity contribution in [2.75, 3.05) is 11.4 Å². The highest BCUT2D eigenvalue weighted by Crippen LogP contribution is 2.40. The SMILES string of the molecule is C=C/C=C(C)\C=C1/CN(c2ccccc2)c2ccccc21. The maximum atomic E-state index is 3.77. The molecule has 0 atom stereocenters. The van der Waals surface area contributed by atoms with Crippen molar-refractivity contribution in [3.63, 3.8) is 0 Å². The van der Waals surface area contributed by atoms with Crippen molar-refractivity contribution < 1.29 is 0 Å². The molecular formula is C20H19N. The van der Waals surface area contributed by atoms with E-state index in [0.29, 0.717) is 0 Å². The van der Waals surface area contributed by atoms with E-state index in [1.807, 2.05) is 12.2 Å². The van der Waals surface area contributed by atoms with Crippen molar-refractivity contribution in [2.45, 2.75) is 6.92 Å². The summed E-state index contributed by atoms with van der Waals surface area (Å²) in [5.74, 6) is 0. The molecule has 3 rings (SSSR count). The van der Waals surface area contributed by atoms with Crippen LogP contribution in [0.5, 0.6) is 0 Å². The van der Waals surface area contributed by atoms with Crippen LogP contribution >= 0.6 is 0 Å². The zero-order valence-corrected chi connectivity index (χ0v) is 12.3. The third-order valence-electron chi connectivity index (χ3n) is 3.72. The standard InChI is InChI=1S/C20H19N/c1-3-9-16(2)14-17-15-21(18-10-5-4-6-11-18)20-13-8-7-12-19(17)20/h3-14H,1,15H2,2H3/b16-9-,17-14+. The highest BCUT2D eigenvalue weighted by molar-refractivity contribution is 5.90. The van der Waals surface area contributed by atoms with Gasteiger partial charge in [0.2, 0.25) is 0 Å². The smallest absolute Gasteiger partial charge is 0.0490 e. The van der Waals surface area contributed by atoms with Crippen LogP contribution in [0.2, 0.25) is 0 Å². The van der Waals surface area contributed by atoms with Gasteiger partial charge in [-0.25, -0.2) is 0 Å². The Morgan fingerprint density at radius 1 is 1.05 bits per heavy atom. The van der Waals surface area contributed by atoms with Gasteiger partial charge in [0.05, 0.1) is 0 Å². The molecule has 0 N–H and O–H groups in total. The third kappa shape index (κ3) is 2.68. The molecule has 1 heteroatoms. The molecule has 2 aromatic carbocycles. The van der Waals surface area contributed by atoms with E-state index in [2.05, 4.69) is 79.1 Å². The first-order valence-electron chi connectivity index (χ1n) is 7.21. The van der Waals surface area contributed by atoms with Crippen molar-refractivity contribution in [3.8, 4) is 0 Å². The van der Waals surface area contributed by atoms with Crippen molar-refractivity contribution in [1.29, 1.82) is 0 Å². The molecule has 0 aromatic heterocycles. The molecular weight excluding hydrogens is 254 g/mol. The maximum Gasteiger partial charge on any atom is 0.0490 e. The van der Waals surface area contributed by atoms with Crippen LogP contribution in [0.1, 0.15) is 12.5 Å². The first kappa shape index (κ1) is 13.4. The molecule has 0 fully saturated rings. The van der Waals surface area contributed by atoms with Gasteiger partial charge < -0.3 is 4.90 Å². The summed E-state index contributed by atoms with van der Waals surface area (Å²) in [5.41, 5.74) is 6.41. The van der Waals surface area contributed by atoms with E-state index in [4.69, 9.17) is 0 Å². The van der Waals surface area contributed by atoms with Gasteiger partial charge in [-0.3, -0.25) is 0 Å². The van der Waals surface area contributed by atoms with Crippen LogP contribution in [0.25, 0.3) is 5.57 Å². The summed E-state index contributed by atoms with van der Waals surface area (Å²) in [4.78, 5) is 2.36. The lowest BCUT2D eigenvalue weighted by Gasteiger charge is -2.18. The Morgan fingerprint density at radius 2 is 1.76 bits per heavy atom. The van der Waals surface area contributed by atoms with Crippen LogP contribution in [0.4, 0.5) is 11.4 Å². The zero-order valence-electron chi connectivity index (χ0n) is 12.3. The number of nitrogens with zero attached hydrogens (tertiary/aromatic N) is 1. The summed E-state index contributed by atoms with van der Waals surface area (Å²) in [6.07, 6.45) is 6.13. The summed E-state index contributed by atoms with van der Waals surface area (Å²) in [6, 6.07) is 19.1. The highest BCUT2D eigenvalue weighted by atomic mass is 15.2. The zero-order chi connectivity index (χ0) is 14.7. The number of para-hydroxylation sites is 2. The van der Waals surface area contributed by atoms with Crippen molar-refractivity contribution >= 4 is 16.9 Å². The number of fused-ring (bicyclic) bond motifs is 1. The first-order chi connectivity index (χ1) is 10.3. The average molecular weight is 273 g/mol. The van der Waals surface area contributed by atoms with Gasteiger partial charge in [0.15, 0.2) is 0 Å². The molecule has 0 saturated heterocycles. The van der Waals surface area contributed by atoms with E-state index in [1.165, 1.54) is 28.1 Å². The monoisotopic (exact) mass is 273 g/mol. The van der Waals surface area contributed by atoms with E-state index in [-0.39, 0.29) is 0 Å². The summed E-state index contributed by atoms with van der Waals surface area (Å²) in [5, 5.41) is 0. The average Bonchev–Trinajstić information content (AvgIpc) is 2.87. The van der Waals surface area contributed by atoms with Gasteiger partial charge in [0, 0.05) is 23.5 Å². The topological polar surface area (TPSA) is 3.24 Å². The molecule has 0 saturated carbocycles. The van der Waals surface area contributed by atoms with Crippen LogP contribution in [0, 0.1) is 0 Å². The minimum atomic E-state index is 0.908. The lowest BCUT2D eigenvalue weighted by atomic mass is 10.1. The Hall–Kier alpha value is -2.54. The molecule has 0 unspecified atom stereocenters. The molecule has 1 nitrogen and oxygen atoms in total. The van der Waals surface area contributed by atoms with Crippen LogP contribution in [-0.2, 0) is 0 Å². The first-order valence-corrected chi connectivity index (χ1v) is 7.21. The predicted molar refractivity (Wildman–Crippen MR) is 91.8 cm³/mol. The fourth-order valence-corrected chi connectivity index (χ4v) is 2.79. The van der Waals surface area contributed by atoms with E-state index in [0.717, 1.165) is 6.54 Å². The van der Waals surface area contributed by atoms with Crippen LogP contribution < -0.4 is 4.90 Å². The highest BCUT2D eigenvalue weighted by Gasteiger charge is 2.23. The second-order valence-electron chi connectivity index (χ2n) is 5.25. The maximum absolute atomic E-state index is 3.77. The number of hydrogen-bond acceptors (Lipinski definition) is 1. The molecule has 1 aliphatic heterocycles. The Balaban J connectivity index is 2.05. The Kier molecular flexibility index (Phi) is 3.74. The van der Waals surface area contributed by atoms with E-state index in [1.54, 1.807) is 0 Å². The molecule has 0 amide bonds. The largest absolute Gasteiger partial charge is 0.336 e. The molecule has 21 heavy (non-hydrogen) atoms. The third-order valence-corrected chi connectivity index (χ3v) is 3.72. The van der Waals surface area contributed by atoms with Gasteiger partial charge in [0.25, 0.3) is 0 Å². The molecule has 1 heterocycles. The Labute approximate surface area is 126 Å². The Morgan fingerprint density at radius 3 is 2.52 bits per heavy atom. The summed E-state index contributed by atoms with van der Waals surface area (Å²) < 4.78 is 0. The van der Waals surface area contributed by atoms with Crippen LogP contribution in [-0.4, -0.2) is 6.54 Å². The van der Waals surface area contributed by atoms with Crippen molar-refractivity contribution in [3.05, 3.63) is 90.5 Å². The summed E-state index contributed by atoms with van der Waals surface area (Å²) in [6.45, 7) is 6.79. The minimum Gasteiger partial charge on any atom is -0.336 e. The predicted octanol–water partition coefficient (Wildman–Crippen LogP) is 5.35.